The van der Waals surface area contributed by atoms with Crippen molar-refractivity contribution < 1.29 is 46.8 Å². The maximum Gasteiger partial charge on any atom is 0.326 e. The molecule has 2 aromatic carbocycles. The van der Waals surface area contributed by atoms with Crippen LogP contribution < -0.4 is 9.79 Å². The number of likely N-dealkylation sites (N-methyl/N-ethyl adjacent to an activating group) is 2. The molecule has 0 aliphatic rings. The molecular weight excluding hydrogens is 671 g/mol. The standard InChI is InChI=1S/C39H63N2O9P/c1-7-9-11-12-13-14-15-16-18-20-38(43)47-30-36(31-49-51(45,46)48-26-25-41(4,5)6)50-39(44)29-40(3)35-24-23-32-27-34(22-21-33(32)28-35)37(42)19-17-10-8-2/h21-24,27-28,36H,7-20,25-26,29-31H2,1-6H3. The van der Waals surface area contributed by atoms with Crippen LogP contribution in [0.2, 0.25) is 0 Å². The Bertz CT molecular complexity index is 1390. The topological polar surface area (TPSA) is 132 Å². The highest BCUT2D eigenvalue weighted by Gasteiger charge is 2.23. The van der Waals surface area contributed by atoms with Crippen molar-refractivity contribution in [2.75, 3.05) is 66.0 Å². The van der Waals surface area contributed by atoms with Crippen molar-refractivity contribution in [1.82, 2.24) is 0 Å². The molecule has 0 aromatic heterocycles. The molecule has 0 bridgehead atoms. The van der Waals surface area contributed by atoms with Crippen molar-refractivity contribution in [3.8, 4) is 0 Å². The second-order valence-corrected chi connectivity index (χ2v) is 15.9. The Morgan fingerprint density at radius 3 is 2.02 bits per heavy atom. The molecule has 0 aliphatic heterocycles. The number of quaternary nitrogens is 1. The first-order valence-electron chi connectivity index (χ1n) is 18.8. The number of hydrogen-bond donors (Lipinski definition) is 0. The van der Waals surface area contributed by atoms with E-state index in [-0.39, 0.29) is 32.0 Å². The van der Waals surface area contributed by atoms with Crippen molar-refractivity contribution in [2.24, 2.45) is 0 Å². The van der Waals surface area contributed by atoms with Crippen LogP contribution in [-0.4, -0.2) is 89.4 Å². The van der Waals surface area contributed by atoms with Gasteiger partial charge in [-0.05, 0) is 41.8 Å². The molecule has 11 nitrogen and oxygen atoms in total. The molecule has 0 saturated carbocycles. The lowest BCUT2D eigenvalue weighted by molar-refractivity contribution is -0.870. The van der Waals surface area contributed by atoms with Crippen LogP contribution in [0.3, 0.4) is 0 Å². The van der Waals surface area contributed by atoms with Gasteiger partial charge in [-0.1, -0.05) is 96.3 Å². The van der Waals surface area contributed by atoms with Gasteiger partial charge in [0.2, 0.25) is 0 Å². The van der Waals surface area contributed by atoms with Crippen LogP contribution in [-0.2, 0) is 32.7 Å². The molecule has 2 atom stereocenters. The number of carbonyl (C=O) groups is 3. The number of esters is 2. The zero-order chi connectivity index (χ0) is 37.7. The minimum Gasteiger partial charge on any atom is -0.756 e. The van der Waals surface area contributed by atoms with Crippen LogP contribution in [0.4, 0.5) is 5.69 Å². The van der Waals surface area contributed by atoms with E-state index in [2.05, 4.69) is 13.8 Å². The number of ether oxygens (including phenoxy) is 2. The Labute approximate surface area is 306 Å². The molecule has 0 N–H and O–H groups in total. The fourth-order valence-corrected chi connectivity index (χ4v) is 6.15. The third-order valence-electron chi connectivity index (χ3n) is 8.60. The van der Waals surface area contributed by atoms with E-state index in [0.717, 1.165) is 55.0 Å². The van der Waals surface area contributed by atoms with Crippen molar-refractivity contribution >= 4 is 42.0 Å². The van der Waals surface area contributed by atoms with Crippen molar-refractivity contribution in [3.63, 3.8) is 0 Å². The van der Waals surface area contributed by atoms with Gasteiger partial charge in [0.25, 0.3) is 7.82 Å². The molecular formula is C39H63N2O9P. The monoisotopic (exact) mass is 734 g/mol. The SMILES string of the molecule is CCCCCCCCCCCC(=O)OCC(COP(=O)([O-])OCC[N+](C)(C)C)OC(=O)CN(C)c1ccc2cc(C(=O)CCCCC)ccc2c1. The lowest BCUT2D eigenvalue weighted by Gasteiger charge is -2.28. The maximum absolute atomic E-state index is 13.1. The van der Waals surface area contributed by atoms with E-state index in [1.165, 1.54) is 32.1 Å². The Morgan fingerprint density at radius 1 is 0.765 bits per heavy atom. The number of fused-ring (bicyclic) bond motifs is 1. The van der Waals surface area contributed by atoms with Gasteiger partial charge in [-0.15, -0.1) is 0 Å². The van der Waals surface area contributed by atoms with E-state index < -0.39 is 32.5 Å². The van der Waals surface area contributed by atoms with Gasteiger partial charge in [-0.2, -0.15) is 0 Å². The number of benzene rings is 2. The molecule has 0 fully saturated rings. The summed E-state index contributed by atoms with van der Waals surface area (Å²) in [5.41, 5.74) is 1.43. The van der Waals surface area contributed by atoms with Crippen LogP contribution in [0.25, 0.3) is 10.8 Å². The van der Waals surface area contributed by atoms with Crippen LogP contribution in [0.15, 0.2) is 36.4 Å². The van der Waals surface area contributed by atoms with Crippen LogP contribution in [0.5, 0.6) is 0 Å². The van der Waals surface area contributed by atoms with Crippen molar-refractivity contribution in [2.45, 2.75) is 110 Å². The summed E-state index contributed by atoms with van der Waals surface area (Å²) in [5, 5.41) is 1.84. The number of rotatable bonds is 28. The molecule has 2 rings (SSSR count). The number of nitrogens with zero attached hydrogens (tertiary/aromatic N) is 2. The highest BCUT2D eigenvalue weighted by Crippen LogP contribution is 2.38. The third-order valence-corrected chi connectivity index (χ3v) is 9.57. The first-order valence-corrected chi connectivity index (χ1v) is 20.2. The summed E-state index contributed by atoms with van der Waals surface area (Å²) < 4.78 is 33.9. The third kappa shape index (κ3) is 19.6. The number of unbranched alkanes of at least 4 members (excludes halogenated alkanes) is 10. The lowest BCUT2D eigenvalue weighted by atomic mass is 10.0. The van der Waals surface area contributed by atoms with Crippen LogP contribution >= 0.6 is 7.82 Å². The van der Waals surface area contributed by atoms with Gasteiger partial charge in [-0.3, -0.25) is 18.9 Å². The summed E-state index contributed by atoms with van der Waals surface area (Å²) in [6.07, 6.45) is 12.6. The molecule has 51 heavy (non-hydrogen) atoms. The van der Waals surface area contributed by atoms with E-state index in [4.69, 9.17) is 18.5 Å². The minimum atomic E-state index is -4.70. The summed E-state index contributed by atoms with van der Waals surface area (Å²) in [6.45, 7) is 3.61. The largest absolute Gasteiger partial charge is 0.756 e. The molecule has 0 aliphatic carbocycles. The summed E-state index contributed by atoms with van der Waals surface area (Å²) in [6, 6.07) is 11.3. The molecule has 2 aromatic rings. The number of phosphoric acid groups is 1. The van der Waals surface area contributed by atoms with Gasteiger partial charge in [0, 0.05) is 31.1 Å². The van der Waals surface area contributed by atoms with Gasteiger partial charge >= 0.3 is 11.9 Å². The summed E-state index contributed by atoms with van der Waals surface area (Å²) in [7, 11) is 2.75. The fourth-order valence-electron chi connectivity index (χ4n) is 5.42. The van der Waals surface area contributed by atoms with Crippen LogP contribution in [0.1, 0.15) is 114 Å². The van der Waals surface area contributed by atoms with Crippen LogP contribution in [0, 0.1) is 0 Å². The van der Waals surface area contributed by atoms with Crippen molar-refractivity contribution in [1.29, 1.82) is 0 Å². The number of ketones is 1. The lowest BCUT2D eigenvalue weighted by Crippen LogP contribution is -2.38. The average Bonchev–Trinajstić information content (AvgIpc) is 3.07. The van der Waals surface area contributed by atoms with E-state index >= 15 is 0 Å². The average molecular weight is 735 g/mol. The summed E-state index contributed by atoms with van der Waals surface area (Å²) in [5.74, 6) is -0.963. The Kier molecular flexibility index (Phi) is 20.6. The predicted octanol–water partition coefficient (Wildman–Crippen LogP) is 7.62. The van der Waals surface area contributed by atoms with Gasteiger partial charge < -0.3 is 32.8 Å². The van der Waals surface area contributed by atoms with Gasteiger partial charge in [0.1, 0.15) is 26.3 Å². The minimum absolute atomic E-state index is 0.0738. The number of carbonyl (C=O) groups excluding carboxylic acids is 3. The van der Waals surface area contributed by atoms with Crippen molar-refractivity contribution in [3.05, 3.63) is 42.0 Å². The normalized spacial score (nSPS) is 13.5. The zero-order valence-corrected chi connectivity index (χ0v) is 32.9. The fraction of sp³-hybridized carbons (Fsp3) is 0.667. The van der Waals surface area contributed by atoms with E-state index in [9.17, 15) is 23.8 Å². The first-order chi connectivity index (χ1) is 24.2. The molecule has 0 saturated heterocycles. The molecule has 0 amide bonds. The highest BCUT2D eigenvalue weighted by molar-refractivity contribution is 7.45. The second kappa shape index (κ2) is 23.7. The smallest absolute Gasteiger partial charge is 0.326 e. The number of Topliss-reactive ketones (excluding diaryl/α,β-unsaturated/α-hetero) is 1. The predicted molar refractivity (Wildman–Crippen MR) is 201 cm³/mol. The number of hydrogen-bond acceptors (Lipinski definition) is 10. The summed E-state index contributed by atoms with van der Waals surface area (Å²) >= 11 is 0. The van der Waals surface area contributed by atoms with Gasteiger partial charge in [-0.25, -0.2) is 0 Å². The summed E-state index contributed by atoms with van der Waals surface area (Å²) in [4.78, 5) is 52.3. The quantitative estimate of drug-likeness (QED) is 0.0283. The Morgan fingerprint density at radius 2 is 1.35 bits per heavy atom. The number of phosphoric ester groups is 1. The second-order valence-electron chi connectivity index (χ2n) is 14.4. The molecule has 0 heterocycles. The van der Waals surface area contributed by atoms with Gasteiger partial charge in [0.05, 0.1) is 27.7 Å². The molecule has 288 valence electrons. The Balaban J connectivity index is 1.96. The molecule has 0 radical (unpaired) electrons. The van der Waals surface area contributed by atoms with Gasteiger partial charge in [0.15, 0.2) is 11.9 Å². The highest BCUT2D eigenvalue weighted by atomic mass is 31.2. The zero-order valence-electron chi connectivity index (χ0n) is 32.0. The van der Waals surface area contributed by atoms with E-state index in [0.29, 0.717) is 29.4 Å². The molecule has 2 unspecified atom stereocenters. The molecule has 0 spiro atoms. The molecule has 12 heteroatoms. The van der Waals surface area contributed by atoms with E-state index in [1.807, 2.05) is 57.5 Å². The first kappa shape index (κ1) is 44.3. The number of anilines is 1. The van der Waals surface area contributed by atoms with E-state index in [1.54, 1.807) is 11.9 Å². The Hall–Kier alpha value is -2.82. The maximum atomic E-state index is 13.1.